The van der Waals surface area contributed by atoms with Crippen LogP contribution in [0.25, 0.3) is 0 Å². The van der Waals surface area contributed by atoms with E-state index in [1.165, 1.54) is 0 Å². The van der Waals surface area contributed by atoms with Gasteiger partial charge in [0.2, 0.25) is 0 Å². The summed E-state index contributed by atoms with van der Waals surface area (Å²) >= 11 is 0. The average Bonchev–Trinajstić information content (AvgIpc) is 2.97. The summed E-state index contributed by atoms with van der Waals surface area (Å²) in [5.41, 5.74) is 3.53. The van der Waals surface area contributed by atoms with E-state index in [1.807, 2.05) is 18.2 Å². The van der Waals surface area contributed by atoms with Crippen LogP contribution in [0.5, 0.6) is 0 Å². The van der Waals surface area contributed by atoms with Crippen molar-refractivity contribution in [1.82, 2.24) is 4.90 Å². The lowest BCUT2D eigenvalue weighted by molar-refractivity contribution is 0.0526. The SMILES string of the molecule is CCOC(=O)c1ccccc1N1CCN(C(=O)c2ccc(NS(=O)(=O)c3cccc4c3N=CCC4)cc2)CC1. The molecule has 3 aromatic carbocycles. The number of benzene rings is 3. The number of rotatable bonds is 7. The summed E-state index contributed by atoms with van der Waals surface area (Å²) in [6, 6.07) is 18.9. The number of hydrogen-bond acceptors (Lipinski definition) is 7. The molecule has 0 unspecified atom stereocenters. The van der Waals surface area contributed by atoms with Gasteiger partial charge < -0.3 is 14.5 Å². The van der Waals surface area contributed by atoms with Crippen molar-refractivity contribution in [1.29, 1.82) is 0 Å². The number of amides is 1. The third kappa shape index (κ3) is 5.65. The first-order chi connectivity index (χ1) is 18.9. The van der Waals surface area contributed by atoms with Gasteiger partial charge >= 0.3 is 5.97 Å². The highest BCUT2D eigenvalue weighted by Gasteiger charge is 2.26. The van der Waals surface area contributed by atoms with Gasteiger partial charge in [-0.3, -0.25) is 14.5 Å². The van der Waals surface area contributed by atoms with Crippen LogP contribution in [0.4, 0.5) is 17.1 Å². The van der Waals surface area contributed by atoms with E-state index in [0.29, 0.717) is 55.3 Å². The van der Waals surface area contributed by atoms with Gasteiger partial charge in [-0.25, -0.2) is 13.2 Å². The van der Waals surface area contributed by atoms with Crippen molar-refractivity contribution in [3.63, 3.8) is 0 Å². The van der Waals surface area contributed by atoms with Crippen molar-refractivity contribution in [3.05, 3.63) is 83.4 Å². The number of esters is 1. The Bertz CT molecular complexity index is 1510. The molecule has 1 saturated heterocycles. The third-order valence-electron chi connectivity index (χ3n) is 6.83. The fourth-order valence-electron chi connectivity index (χ4n) is 4.86. The van der Waals surface area contributed by atoms with E-state index >= 15 is 0 Å². The molecule has 3 aromatic rings. The molecule has 5 rings (SSSR count). The van der Waals surface area contributed by atoms with Gasteiger partial charge in [0.15, 0.2) is 0 Å². The molecule has 2 aliphatic rings. The molecular formula is C29H30N4O5S. The number of para-hydroxylation sites is 2. The lowest BCUT2D eigenvalue weighted by Gasteiger charge is -2.36. The molecule has 10 heteroatoms. The van der Waals surface area contributed by atoms with Crippen LogP contribution in [0.15, 0.2) is 76.6 Å². The zero-order valence-electron chi connectivity index (χ0n) is 21.7. The Balaban J connectivity index is 1.23. The van der Waals surface area contributed by atoms with Crippen LogP contribution in [0.2, 0.25) is 0 Å². The van der Waals surface area contributed by atoms with Crippen molar-refractivity contribution >= 4 is 45.2 Å². The van der Waals surface area contributed by atoms with Crippen LogP contribution in [-0.2, 0) is 21.2 Å². The number of carbonyl (C=O) groups is 2. The number of fused-ring (bicyclic) bond motifs is 1. The summed E-state index contributed by atoms with van der Waals surface area (Å²) in [5.74, 6) is -0.489. The van der Waals surface area contributed by atoms with Crippen molar-refractivity contribution < 1.29 is 22.7 Å². The highest BCUT2D eigenvalue weighted by molar-refractivity contribution is 7.92. The molecule has 0 atom stereocenters. The van der Waals surface area contributed by atoms with Crippen LogP contribution in [-0.4, -0.2) is 64.2 Å². The van der Waals surface area contributed by atoms with E-state index in [-0.39, 0.29) is 16.8 Å². The predicted octanol–water partition coefficient (Wildman–Crippen LogP) is 4.28. The minimum Gasteiger partial charge on any atom is -0.462 e. The second kappa shape index (κ2) is 11.3. The van der Waals surface area contributed by atoms with Gasteiger partial charge in [-0.15, -0.1) is 0 Å². The summed E-state index contributed by atoms with van der Waals surface area (Å²) in [5, 5.41) is 0. The highest BCUT2D eigenvalue weighted by atomic mass is 32.2. The number of piperazine rings is 1. The van der Waals surface area contributed by atoms with E-state index < -0.39 is 10.0 Å². The normalized spacial score (nSPS) is 15.0. The summed E-state index contributed by atoms with van der Waals surface area (Å²) in [6.07, 6.45) is 3.28. The second-order valence-corrected chi connectivity index (χ2v) is 11.0. The van der Waals surface area contributed by atoms with E-state index in [9.17, 15) is 18.0 Å². The first-order valence-electron chi connectivity index (χ1n) is 12.9. The standard InChI is InChI=1S/C29H30N4O5S/c1-2-38-29(35)24-9-3-4-10-25(24)32-17-19-33(20-18-32)28(34)22-12-14-23(15-13-22)31-39(36,37)26-11-5-7-21-8-6-16-30-27(21)26/h3-5,7,9-16,31H,2,6,8,17-20H2,1H3. The monoisotopic (exact) mass is 546 g/mol. The molecule has 202 valence electrons. The van der Waals surface area contributed by atoms with Gasteiger partial charge in [0, 0.05) is 43.6 Å². The summed E-state index contributed by atoms with van der Waals surface area (Å²) in [4.78, 5) is 33.8. The Morgan fingerprint density at radius 2 is 1.69 bits per heavy atom. The molecule has 1 fully saturated rings. The first-order valence-corrected chi connectivity index (χ1v) is 14.4. The number of anilines is 2. The fourth-order valence-corrected chi connectivity index (χ4v) is 6.12. The van der Waals surface area contributed by atoms with Crippen LogP contribution in [0.3, 0.4) is 0 Å². The maximum atomic E-state index is 13.2. The fraction of sp³-hybridized carbons (Fsp3) is 0.276. The molecule has 2 heterocycles. The molecule has 0 radical (unpaired) electrons. The molecule has 0 aliphatic carbocycles. The number of sulfonamides is 1. The van der Waals surface area contributed by atoms with Crippen LogP contribution in [0, 0.1) is 0 Å². The minimum atomic E-state index is -3.85. The molecule has 0 bridgehead atoms. The molecule has 39 heavy (non-hydrogen) atoms. The number of nitrogens with one attached hydrogen (secondary N) is 1. The van der Waals surface area contributed by atoms with E-state index in [0.717, 1.165) is 24.1 Å². The van der Waals surface area contributed by atoms with Crippen molar-refractivity contribution in [2.45, 2.75) is 24.7 Å². The zero-order valence-corrected chi connectivity index (χ0v) is 22.5. The van der Waals surface area contributed by atoms with Crippen molar-refractivity contribution in [2.24, 2.45) is 4.99 Å². The number of aliphatic imine (C=N–C) groups is 1. The molecule has 0 aromatic heterocycles. The Morgan fingerprint density at radius 1 is 0.949 bits per heavy atom. The van der Waals surface area contributed by atoms with Gasteiger partial charge in [0.05, 0.1) is 23.5 Å². The number of ether oxygens (including phenoxy) is 1. The highest BCUT2D eigenvalue weighted by Crippen LogP contribution is 2.32. The Kier molecular flexibility index (Phi) is 7.65. The topological polar surface area (TPSA) is 108 Å². The molecule has 1 N–H and O–H groups in total. The molecule has 0 saturated carbocycles. The van der Waals surface area contributed by atoms with Gasteiger partial charge in [-0.1, -0.05) is 24.3 Å². The smallest absolute Gasteiger partial charge is 0.340 e. The lowest BCUT2D eigenvalue weighted by atomic mass is 10.1. The number of aryl methyl sites for hydroxylation is 1. The quantitative estimate of drug-likeness (QED) is 0.444. The Morgan fingerprint density at radius 3 is 2.44 bits per heavy atom. The van der Waals surface area contributed by atoms with Gasteiger partial charge in [-0.2, -0.15) is 0 Å². The lowest BCUT2D eigenvalue weighted by Crippen LogP contribution is -2.49. The van der Waals surface area contributed by atoms with E-state index in [4.69, 9.17) is 4.74 Å². The van der Waals surface area contributed by atoms with Crippen LogP contribution >= 0.6 is 0 Å². The molecule has 9 nitrogen and oxygen atoms in total. The molecular weight excluding hydrogens is 516 g/mol. The summed E-state index contributed by atoms with van der Waals surface area (Å²) in [6.45, 7) is 4.21. The zero-order chi connectivity index (χ0) is 27.4. The van der Waals surface area contributed by atoms with E-state index in [1.54, 1.807) is 66.6 Å². The Hall–Kier alpha value is -4.18. The number of carbonyl (C=O) groups excluding carboxylic acids is 2. The van der Waals surface area contributed by atoms with Crippen molar-refractivity contribution in [2.75, 3.05) is 42.4 Å². The molecule has 2 aliphatic heterocycles. The largest absolute Gasteiger partial charge is 0.462 e. The maximum Gasteiger partial charge on any atom is 0.340 e. The third-order valence-corrected chi connectivity index (χ3v) is 8.24. The average molecular weight is 547 g/mol. The predicted molar refractivity (Wildman–Crippen MR) is 151 cm³/mol. The van der Waals surface area contributed by atoms with Gasteiger partial charge in [-0.05, 0) is 67.8 Å². The Labute approximate surface area is 228 Å². The number of hydrogen-bond donors (Lipinski definition) is 1. The summed E-state index contributed by atoms with van der Waals surface area (Å²) in [7, 11) is -3.85. The van der Waals surface area contributed by atoms with Crippen LogP contribution < -0.4 is 9.62 Å². The maximum absolute atomic E-state index is 13.2. The second-order valence-electron chi connectivity index (χ2n) is 9.31. The summed E-state index contributed by atoms with van der Waals surface area (Å²) < 4.78 is 34.0. The van der Waals surface area contributed by atoms with Crippen LogP contribution in [0.1, 0.15) is 39.6 Å². The van der Waals surface area contributed by atoms with Gasteiger partial charge in [0.1, 0.15) is 4.90 Å². The van der Waals surface area contributed by atoms with E-state index in [2.05, 4.69) is 14.6 Å². The van der Waals surface area contributed by atoms with Gasteiger partial charge in [0.25, 0.3) is 15.9 Å². The van der Waals surface area contributed by atoms with Crippen molar-refractivity contribution in [3.8, 4) is 0 Å². The minimum absolute atomic E-state index is 0.130. The number of nitrogens with zero attached hydrogens (tertiary/aromatic N) is 3. The molecule has 0 spiro atoms. The molecule has 1 amide bonds. The first kappa shape index (κ1) is 26.4.